The van der Waals surface area contributed by atoms with E-state index in [-0.39, 0.29) is 5.41 Å². The molecule has 0 N–H and O–H groups in total. The monoisotopic (exact) mass is 551 g/mol. The number of aryl methyl sites for hydroxylation is 1. The van der Waals surface area contributed by atoms with Crippen LogP contribution in [0.25, 0.3) is 43.8 Å². The first kappa shape index (κ1) is 25.6. The first-order valence-corrected chi connectivity index (χ1v) is 15.1. The zero-order valence-electron chi connectivity index (χ0n) is 24.8. The Bertz CT molecular complexity index is 2170. The number of benzene rings is 7. The maximum Gasteiger partial charge on any atom is 0.0546 e. The molecule has 0 spiro atoms. The minimum Gasteiger partial charge on any atom is -0.310 e. The van der Waals surface area contributed by atoms with Crippen LogP contribution in [0.5, 0.6) is 0 Å². The van der Waals surface area contributed by atoms with Gasteiger partial charge in [-0.05, 0) is 98.2 Å². The largest absolute Gasteiger partial charge is 0.310 e. The van der Waals surface area contributed by atoms with E-state index in [2.05, 4.69) is 171 Å². The van der Waals surface area contributed by atoms with E-state index in [4.69, 9.17) is 0 Å². The molecule has 1 aliphatic rings. The van der Waals surface area contributed by atoms with Crippen molar-refractivity contribution in [3.8, 4) is 22.3 Å². The lowest BCUT2D eigenvalue weighted by Gasteiger charge is -2.30. The molecule has 0 radical (unpaired) electrons. The fourth-order valence-corrected chi connectivity index (χ4v) is 7.10. The molecule has 8 rings (SSSR count). The number of anilines is 3. The highest BCUT2D eigenvalue weighted by Crippen LogP contribution is 2.52. The lowest BCUT2D eigenvalue weighted by atomic mass is 9.82. The summed E-state index contributed by atoms with van der Waals surface area (Å²) < 4.78 is 0. The molecule has 0 saturated heterocycles. The fourth-order valence-electron chi connectivity index (χ4n) is 7.10. The van der Waals surface area contributed by atoms with Crippen molar-refractivity contribution in [2.24, 2.45) is 0 Å². The molecule has 1 aliphatic carbocycles. The van der Waals surface area contributed by atoms with Gasteiger partial charge < -0.3 is 4.90 Å². The molecule has 0 aromatic heterocycles. The van der Waals surface area contributed by atoms with Gasteiger partial charge in [-0.3, -0.25) is 0 Å². The molecule has 7 aromatic carbocycles. The molecule has 7 aromatic rings. The molecule has 0 bridgehead atoms. The van der Waals surface area contributed by atoms with Gasteiger partial charge in [-0.2, -0.15) is 0 Å². The molecule has 0 heterocycles. The van der Waals surface area contributed by atoms with Crippen molar-refractivity contribution in [2.45, 2.75) is 26.2 Å². The van der Waals surface area contributed by atoms with Crippen LogP contribution in [0.4, 0.5) is 17.1 Å². The summed E-state index contributed by atoms with van der Waals surface area (Å²) in [5.74, 6) is 0. The number of rotatable bonds is 4. The number of nitrogens with zero attached hydrogens (tertiary/aromatic N) is 1. The predicted octanol–water partition coefficient (Wildman–Crippen LogP) is 11.7. The van der Waals surface area contributed by atoms with Gasteiger partial charge in [0, 0.05) is 22.4 Å². The summed E-state index contributed by atoms with van der Waals surface area (Å²) in [6.45, 7) is 6.97. The van der Waals surface area contributed by atoms with Crippen LogP contribution in [-0.2, 0) is 5.41 Å². The Morgan fingerprint density at radius 1 is 0.465 bits per heavy atom. The Hall–Kier alpha value is -5.14. The van der Waals surface area contributed by atoms with E-state index in [0.29, 0.717) is 0 Å². The van der Waals surface area contributed by atoms with E-state index in [0.717, 1.165) is 5.69 Å². The Morgan fingerprint density at radius 2 is 1.09 bits per heavy atom. The average molecular weight is 552 g/mol. The zero-order valence-corrected chi connectivity index (χ0v) is 24.8. The van der Waals surface area contributed by atoms with Crippen molar-refractivity contribution in [1.29, 1.82) is 0 Å². The van der Waals surface area contributed by atoms with Crippen molar-refractivity contribution >= 4 is 38.6 Å². The number of hydrogen-bond acceptors (Lipinski definition) is 1. The summed E-state index contributed by atoms with van der Waals surface area (Å²) in [4.78, 5) is 2.47. The molecule has 206 valence electrons. The van der Waals surface area contributed by atoms with Crippen LogP contribution >= 0.6 is 0 Å². The van der Waals surface area contributed by atoms with Gasteiger partial charge in [0.1, 0.15) is 0 Å². The van der Waals surface area contributed by atoms with E-state index in [1.54, 1.807) is 0 Å². The second-order valence-electron chi connectivity index (χ2n) is 12.3. The second-order valence-corrected chi connectivity index (χ2v) is 12.3. The summed E-state index contributed by atoms with van der Waals surface area (Å²) in [6, 6.07) is 53.5. The highest BCUT2D eigenvalue weighted by atomic mass is 15.1. The van der Waals surface area contributed by atoms with Crippen LogP contribution in [-0.4, -0.2) is 0 Å². The summed E-state index contributed by atoms with van der Waals surface area (Å²) in [6.07, 6.45) is 0. The van der Waals surface area contributed by atoms with E-state index in [1.807, 2.05) is 0 Å². The highest BCUT2D eigenvalue weighted by Gasteiger charge is 2.36. The number of fused-ring (bicyclic) bond motifs is 5. The Balaban J connectivity index is 1.42. The quantitative estimate of drug-likeness (QED) is 0.210. The first-order chi connectivity index (χ1) is 21.0. The fraction of sp³-hybridized carbons (Fsp3) is 0.0952. The Morgan fingerprint density at radius 3 is 1.86 bits per heavy atom. The zero-order chi connectivity index (χ0) is 29.1. The summed E-state index contributed by atoms with van der Waals surface area (Å²) in [5, 5.41) is 4.95. The second kappa shape index (κ2) is 9.71. The van der Waals surface area contributed by atoms with Crippen molar-refractivity contribution < 1.29 is 0 Å². The third-order valence-electron chi connectivity index (χ3n) is 9.33. The molecule has 0 atom stereocenters. The Labute approximate surface area is 253 Å². The van der Waals surface area contributed by atoms with Crippen LogP contribution in [0.15, 0.2) is 146 Å². The Kier molecular flexibility index (Phi) is 5.77. The SMILES string of the molecule is Cc1cccc2c1-c1ccc(N(c3ccc4ccccc4c3)c3cc4ccccc4cc3-c3ccccc3)cc1C2(C)C. The molecular formula is C42H33N. The van der Waals surface area contributed by atoms with Crippen molar-refractivity contribution in [1.82, 2.24) is 0 Å². The van der Waals surface area contributed by atoms with Gasteiger partial charge in [0.2, 0.25) is 0 Å². The molecular weight excluding hydrogens is 518 g/mol. The van der Waals surface area contributed by atoms with Crippen molar-refractivity contribution in [3.05, 3.63) is 162 Å². The summed E-state index contributed by atoms with van der Waals surface area (Å²) in [5.41, 5.74) is 12.7. The van der Waals surface area contributed by atoms with Gasteiger partial charge in [0.05, 0.1) is 5.69 Å². The van der Waals surface area contributed by atoms with E-state index >= 15 is 0 Å². The maximum atomic E-state index is 2.47. The molecule has 0 saturated carbocycles. The van der Waals surface area contributed by atoms with Gasteiger partial charge in [-0.15, -0.1) is 0 Å². The molecule has 1 heteroatoms. The maximum absolute atomic E-state index is 2.47. The van der Waals surface area contributed by atoms with Crippen molar-refractivity contribution in [3.63, 3.8) is 0 Å². The van der Waals surface area contributed by atoms with Gasteiger partial charge in [0.25, 0.3) is 0 Å². The standard InChI is InChI=1S/C42H33N/c1-28-12-11-19-38-41(28)36-23-22-35(27-39(36)42(38,2)3)43(34-21-20-29-13-7-8-16-31(29)24-34)40-26-33-18-10-9-17-32(33)25-37(40)30-14-5-4-6-15-30/h4-27H,1-3H3. The smallest absolute Gasteiger partial charge is 0.0546 e. The van der Waals surface area contributed by atoms with E-state index in [1.165, 1.54) is 71.9 Å². The van der Waals surface area contributed by atoms with E-state index < -0.39 is 0 Å². The minimum absolute atomic E-state index is 0.0899. The van der Waals surface area contributed by atoms with Crippen LogP contribution in [0, 0.1) is 6.92 Å². The van der Waals surface area contributed by atoms with Crippen LogP contribution in [0.3, 0.4) is 0 Å². The molecule has 1 nitrogen and oxygen atoms in total. The van der Waals surface area contributed by atoms with Crippen LogP contribution in [0.2, 0.25) is 0 Å². The lowest BCUT2D eigenvalue weighted by molar-refractivity contribution is 0.660. The average Bonchev–Trinajstić information content (AvgIpc) is 3.28. The number of hydrogen-bond donors (Lipinski definition) is 0. The molecule has 0 amide bonds. The third-order valence-corrected chi connectivity index (χ3v) is 9.33. The summed E-state index contributed by atoms with van der Waals surface area (Å²) in [7, 11) is 0. The molecule has 43 heavy (non-hydrogen) atoms. The van der Waals surface area contributed by atoms with Gasteiger partial charge >= 0.3 is 0 Å². The predicted molar refractivity (Wildman–Crippen MR) is 184 cm³/mol. The van der Waals surface area contributed by atoms with Crippen LogP contribution in [0.1, 0.15) is 30.5 Å². The first-order valence-electron chi connectivity index (χ1n) is 15.1. The van der Waals surface area contributed by atoms with Gasteiger partial charge in [-0.1, -0.05) is 123 Å². The van der Waals surface area contributed by atoms with Crippen LogP contribution < -0.4 is 4.90 Å². The topological polar surface area (TPSA) is 3.24 Å². The lowest BCUT2D eigenvalue weighted by Crippen LogP contribution is -2.17. The van der Waals surface area contributed by atoms with Gasteiger partial charge in [-0.25, -0.2) is 0 Å². The molecule has 0 aliphatic heterocycles. The minimum atomic E-state index is -0.0899. The highest BCUT2D eigenvalue weighted by molar-refractivity contribution is 6.00. The third kappa shape index (κ3) is 4.07. The molecule has 0 fully saturated rings. The van der Waals surface area contributed by atoms with E-state index in [9.17, 15) is 0 Å². The molecule has 0 unspecified atom stereocenters. The van der Waals surface area contributed by atoms with Gasteiger partial charge in [0.15, 0.2) is 0 Å². The van der Waals surface area contributed by atoms with Crippen molar-refractivity contribution in [2.75, 3.05) is 4.90 Å². The normalized spacial score (nSPS) is 13.2. The summed E-state index contributed by atoms with van der Waals surface area (Å²) >= 11 is 0.